The number of carbonyl (C=O) groups is 5. The molecule has 2 fully saturated rings. The molecule has 21 nitrogen and oxygen atoms in total. The number of ether oxygens (including phenoxy) is 5. The summed E-state index contributed by atoms with van der Waals surface area (Å²) in [6.07, 6.45) is 7.67. The van der Waals surface area contributed by atoms with Gasteiger partial charge in [0.2, 0.25) is 24.1 Å². The number of carbonyl (C=O) groups excluding carboxylic acids is 5. The summed E-state index contributed by atoms with van der Waals surface area (Å²) in [4.78, 5) is 74.8. The van der Waals surface area contributed by atoms with Gasteiger partial charge in [-0.3, -0.25) is 39.2 Å². The van der Waals surface area contributed by atoms with Crippen molar-refractivity contribution >= 4 is 40.9 Å². The monoisotopic (exact) mass is 1060 g/mol. The van der Waals surface area contributed by atoms with Crippen LogP contribution in [0.2, 0.25) is 0 Å². The summed E-state index contributed by atoms with van der Waals surface area (Å²) >= 11 is 0. The van der Waals surface area contributed by atoms with Crippen LogP contribution in [-0.4, -0.2) is 135 Å². The third-order valence-corrected chi connectivity index (χ3v) is 14.0. The molecule has 0 aliphatic carbocycles. The Hall–Kier alpha value is -7.30. The van der Waals surface area contributed by atoms with E-state index in [0.29, 0.717) is 117 Å². The highest BCUT2D eigenvalue weighted by molar-refractivity contribution is 6.07. The highest BCUT2D eigenvalue weighted by Crippen LogP contribution is 2.39. The smallest absolute Gasteiger partial charge is 0.255 e. The fourth-order valence-corrected chi connectivity index (χ4v) is 10.0. The molecule has 2 aromatic heterocycles. The molecule has 0 bridgehead atoms. The molecule has 2 saturated heterocycles. The van der Waals surface area contributed by atoms with Gasteiger partial charge in [-0.05, 0) is 126 Å². The van der Waals surface area contributed by atoms with Crippen molar-refractivity contribution < 1.29 is 52.8 Å². The summed E-state index contributed by atoms with van der Waals surface area (Å²) in [5.74, 6) is 0.920. The summed E-state index contributed by atoms with van der Waals surface area (Å²) in [7, 11) is 0. The van der Waals surface area contributed by atoms with E-state index in [0.717, 1.165) is 36.1 Å². The van der Waals surface area contributed by atoms with Crippen molar-refractivity contribution in [2.45, 2.75) is 115 Å². The molecule has 4 aliphatic rings. The summed E-state index contributed by atoms with van der Waals surface area (Å²) in [6.45, 7) is 9.11. The van der Waals surface area contributed by atoms with Crippen molar-refractivity contribution in [1.82, 2.24) is 40.6 Å². The molecule has 2 unspecified atom stereocenters. The van der Waals surface area contributed by atoms with Gasteiger partial charge in [0.15, 0.2) is 11.6 Å². The number of hydrogen-bond donors (Lipinski definition) is 6. The number of rotatable bonds is 23. The van der Waals surface area contributed by atoms with Gasteiger partial charge in [-0.2, -0.15) is 0 Å². The number of aliphatic hydroxyl groups excluding tert-OH is 1. The van der Waals surface area contributed by atoms with E-state index in [1.807, 2.05) is 74.2 Å². The Morgan fingerprint density at radius 2 is 1.68 bits per heavy atom. The summed E-state index contributed by atoms with van der Waals surface area (Å²) in [5, 5.41) is 32.1. The van der Waals surface area contributed by atoms with Gasteiger partial charge in [-0.25, -0.2) is 0 Å². The molecule has 3 atom stereocenters. The fraction of sp³-hybridized carbons (Fsp3) is 0.464. The van der Waals surface area contributed by atoms with Crippen LogP contribution < -0.4 is 30.7 Å². The van der Waals surface area contributed by atoms with E-state index in [9.17, 15) is 29.1 Å². The zero-order chi connectivity index (χ0) is 53.9. The molecule has 0 spiro atoms. The van der Waals surface area contributed by atoms with Gasteiger partial charge in [0, 0.05) is 104 Å². The number of pyridine rings is 1. The second-order valence-corrected chi connectivity index (χ2v) is 20.7. The lowest BCUT2D eigenvalue weighted by molar-refractivity contribution is -0.243. The van der Waals surface area contributed by atoms with Gasteiger partial charge in [0.1, 0.15) is 24.1 Å². The minimum absolute atomic E-state index is 0.156. The number of likely N-dealkylation sites (tertiary alicyclic amines) is 1. The van der Waals surface area contributed by atoms with Crippen molar-refractivity contribution in [3.8, 4) is 22.9 Å². The third-order valence-electron chi connectivity index (χ3n) is 14.0. The number of aromatic nitrogens is 4. The van der Waals surface area contributed by atoms with E-state index in [4.69, 9.17) is 23.7 Å². The van der Waals surface area contributed by atoms with Crippen molar-refractivity contribution in [2.75, 3.05) is 63.4 Å². The Bertz CT molecular complexity index is 2880. The van der Waals surface area contributed by atoms with Crippen LogP contribution in [0.4, 0.5) is 11.4 Å². The zero-order valence-electron chi connectivity index (χ0n) is 43.8. The second-order valence-electron chi connectivity index (χ2n) is 20.7. The molecule has 5 aromatic rings. The lowest BCUT2D eigenvalue weighted by Crippen LogP contribution is -2.52. The molecule has 408 valence electrons. The average molecular weight is 1060 g/mol. The maximum atomic E-state index is 14.0. The lowest BCUT2D eigenvalue weighted by atomic mass is 9.86. The number of amides is 5. The molecule has 4 aliphatic heterocycles. The Kier molecular flexibility index (Phi) is 17.5. The summed E-state index contributed by atoms with van der Waals surface area (Å²) in [5.41, 5.74) is 3.23. The van der Waals surface area contributed by atoms with Crippen LogP contribution in [0, 0.1) is 0 Å². The molecular formula is C56H68N10O11. The molecular weight excluding hydrogens is 989 g/mol. The quantitative estimate of drug-likeness (QED) is 0.0250. The number of nitrogens with one attached hydrogen (secondary N) is 5. The molecule has 21 heteroatoms. The SMILES string of the molecule is CC(C)(C)OC(O)N1CCC(Nc2cccc(C(=O)N[C@@H]3CCOc4ccc(OCCCCCOCCCOCC(=O)Nc5cccc6c5CN(C5CCC(=O)NC5=O)C6=O)cc43)c2)(c2nnc(-c3ccncc3)[nH]2)CC1. The first-order valence-corrected chi connectivity index (χ1v) is 26.5. The minimum atomic E-state index is -1.06. The first-order valence-electron chi connectivity index (χ1n) is 26.5. The first kappa shape index (κ1) is 54.5. The van der Waals surface area contributed by atoms with E-state index in [2.05, 4.69) is 41.4 Å². The van der Waals surface area contributed by atoms with Crippen molar-refractivity contribution in [3.63, 3.8) is 0 Å². The first-order chi connectivity index (χ1) is 37.2. The van der Waals surface area contributed by atoms with E-state index >= 15 is 0 Å². The van der Waals surface area contributed by atoms with Gasteiger partial charge in [0.05, 0.1) is 30.4 Å². The predicted octanol–water partition coefficient (Wildman–Crippen LogP) is 5.99. The fourth-order valence-electron chi connectivity index (χ4n) is 10.0. The Labute approximate surface area is 447 Å². The normalized spacial score (nSPS) is 18.6. The summed E-state index contributed by atoms with van der Waals surface area (Å²) in [6, 6.07) is 20.9. The van der Waals surface area contributed by atoms with Crippen LogP contribution in [0.15, 0.2) is 85.2 Å². The van der Waals surface area contributed by atoms with Crippen LogP contribution in [0.5, 0.6) is 11.5 Å². The standard InChI is InChI=1S/C56H68N10O11/c1-55(2,3)77-54(72)65-25-21-56(22-26-65,53-61-49(63-64-53)36-18-23-57-24-19-36)62-38-11-7-10-37(32-38)50(69)59-44-20-31-76-46-16-14-39(33-41(44)46)75-30-6-4-5-27-73-28-9-29-74-35-48(68)58-43-13-8-12-40-42(43)34-66(52(40)71)45-15-17-47(67)60-51(45)70/h7-8,10-14,16,18-19,23-24,32-33,44-45,54,62,72H,4-6,9,15,17,20-22,25-31,34-35H2,1-3H3,(H,58,68)(H,59,69)(H,60,67,70)(H,61,63,64)/t44-,45?,54?/m1/s1. The topological polar surface area (TPSA) is 261 Å². The number of unbranched alkanes of at least 4 members (excludes halogenated alkanes) is 2. The maximum Gasteiger partial charge on any atom is 0.255 e. The van der Waals surface area contributed by atoms with Crippen molar-refractivity contribution in [2.24, 2.45) is 0 Å². The number of H-pyrrole nitrogens is 1. The highest BCUT2D eigenvalue weighted by Gasteiger charge is 2.43. The van der Waals surface area contributed by atoms with Crippen LogP contribution >= 0.6 is 0 Å². The van der Waals surface area contributed by atoms with Gasteiger partial charge in [-0.15, -0.1) is 10.2 Å². The van der Waals surface area contributed by atoms with E-state index in [1.54, 1.807) is 36.7 Å². The zero-order valence-corrected chi connectivity index (χ0v) is 43.8. The molecule has 5 amide bonds. The number of nitrogens with zero attached hydrogens (tertiary/aromatic N) is 5. The summed E-state index contributed by atoms with van der Waals surface area (Å²) < 4.78 is 29.4. The molecule has 0 radical (unpaired) electrons. The number of aromatic amines is 1. The van der Waals surface area contributed by atoms with Gasteiger partial charge >= 0.3 is 0 Å². The maximum absolute atomic E-state index is 14.0. The number of aliphatic hydroxyl groups is 1. The van der Waals surface area contributed by atoms with Gasteiger partial charge < -0.3 is 54.6 Å². The lowest BCUT2D eigenvalue weighted by Gasteiger charge is -2.43. The molecule has 6 heterocycles. The van der Waals surface area contributed by atoms with E-state index < -0.39 is 29.5 Å². The van der Waals surface area contributed by atoms with Gasteiger partial charge in [0.25, 0.3) is 11.8 Å². The third kappa shape index (κ3) is 13.8. The largest absolute Gasteiger partial charge is 0.494 e. The minimum Gasteiger partial charge on any atom is -0.494 e. The van der Waals surface area contributed by atoms with Crippen molar-refractivity contribution in [3.05, 3.63) is 113 Å². The molecule has 9 rings (SSSR count). The number of anilines is 2. The number of imide groups is 1. The Morgan fingerprint density at radius 3 is 2.48 bits per heavy atom. The van der Waals surface area contributed by atoms with E-state index in [1.165, 1.54) is 4.90 Å². The highest BCUT2D eigenvalue weighted by atomic mass is 16.6. The van der Waals surface area contributed by atoms with Crippen LogP contribution in [0.1, 0.15) is 122 Å². The molecule has 77 heavy (non-hydrogen) atoms. The predicted molar refractivity (Wildman–Crippen MR) is 282 cm³/mol. The molecule has 0 saturated carbocycles. The average Bonchev–Trinajstić information content (AvgIpc) is 4.05. The second kappa shape index (κ2) is 24.8. The number of benzene rings is 3. The van der Waals surface area contributed by atoms with Crippen LogP contribution in [0.3, 0.4) is 0 Å². The van der Waals surface area contributed by atoms with E-state index in [-0.39, 0.29) is 55.7 Å². The van der Waals surface area contributed by atoms with Crippen LogP contribution in [-0.2, 0) is 40.7 Å². The van der Waals surface area contributed by atoms with Gasteiger partial charge in [-0.1, -0.05) is 12.1 Å². The number of hydrogen-bond acceptors (Lipinski definition) is 16. The van der Waals surface area contributed by atoms with Crippen LogP contribution in [0.25, 0.3) is 11.4 Å². The molecule has 6 N–H and O–H groups in total. The molecule has 3 aromatic carbocycles. The number of fused-ring (bicyclic) bond motifs is 2. The Morgan fingerprint density at radius 1 is 0.896 bits per heavy atom. The Balaban J connectivity index is 0.690. The number of piperidine rings is 2. The van der Waals surface area contributed by atoms with Crippen molar-refractivity contribution in [1.29, 1.82) is 0 Å².